The molecule has 0 aliphatic rings. The number of para-hydroxylation sites is 1. The number of anilines is 1. The van der Waals surface area contributed by atoms with Gasteiger partial charge in [-0.05, 0) is 23.3 Å². The molecule has 0 radical (unpaired) electrons. The largest absolute Gasteiger partial charge is 0.361 e. The number of thiocarbonyl (C=S) groups is 1. The number of benzene rings is 3. The van der Waals surface area contributed by atoms with E-state index in [1.165, 1.54) is 0 Å². The minimum atomic E-state index is 0.834. The Morgan fingerprint density at radius 2 is 1.13 bits per heavy atom. The molecule has 3 aromatic carbocycles. The van der Waals surface area contributed by atoms with E-state index in [9.17, 15) is 0 Å². The smallest absolute Gasteiger partial charge is 0.0542 e. The average Bonchev–Trinajstić information content (AvgIpc) is 2.64. The molecule has 0 fully saturated rings. The summed E-state index contributed by atoms with van der Waals surface area (Å²) >= 11 is 5.73. The highest BCUT2D eigenvalue weighted by molar-refractivity contribution is 7.81. The number of hydrogen-bond acceptors (Lipinski definition) is 2. The van der Waals surface area contributed by atoms with Crippen LogP contribution in [0, 0.1) is 0 Å². The third kappa shape index (κ3) is 3.93. The number of nitrogens with one attached hydrogen (secondary N) is 1. The van der Waals surface area contributed by atoms with Gasteiger partial charge >= 0.3 is 0 Å². The second-order valence-corrected chi connectivity index (χ2v) is 5.54. The summed E-state index contributed by atoms with van der Waals surface area (Å²) < 4.78 is 0. The fraction of sp³-hybridized carbons (Fsp3) is 0. The summed E-state index contributed by atoms with van der Waals surface area (Å²) in [5.74, 6) is 0. The summed E-state index contributed by atoms with van der Waals surface area (Å²) in [5.41, 5.74) is 4.20. The third-order valence-corrected chi connectivity index (χ3v) is 3.98. The van der Waals surface area contributed by atoms with E-state index in [4.69, 9.17) is 12.2 Å². The van der Waals surface area contributed by atoms with Crippen LogP contribution in [0.15, 0.2) is 97.2 Å². The summed E-state index contributed by atoms with van der Waals surface area (Å²) in [5, 5.41) is 3.34. The van der Waals surface area contributed by atoms with Crippen LogP contribution in [-0.4, -0.2) is 4.86 Å². The van der Waals surface area contributed by atoms with Crippen molar-refractivity contribution >= 4 is 28.3 Å². The van der Waals surface area contributed by atoms with Crippen molar-refractivity contribution in [2.75, 3.05) is 5.32 Å². The van der Waals surface area contributed by atoms with Crippen molar-refractivity contribution in [3.63, 3.8) is 0 Å². The Balaban J connectivity index is 1.96. The first-order valence-electron chi connectivity index (χ1n) is 7.51. The van der Waals surface area contributed by atoms with Gasteiger partial charge in [-0.25, -0.2) is 0 Å². The van der Waals surface area contributed by atoms with E-state index in [2.05, 4.69) is 17.4 Å². The molecule has 0 aromatic heterocycles. The predicted molar refractivity (Wildman–Crippen MR) is 103 cm³/mol. The molecular weight excluding hydrogens is 298 g/mol. The van der Waals surface area contributed by atoms with Crippen molar-refractivity contribution < 1.29 is 0 Å². The van der Waals surface area contributed by atoms with Crippen molar-refractivity contribution in [3.05, 3.63) is 108 Å². The molecule has 0 saturated carbocycles. The molecule has 1 N–H and O–H groups in total. The number of allylic oxidation sites excluding steroid dienone is 1. The van der Waals surface area contributed by atoms with Gasteiger partial charge in [0.2, 0.25) is 0 Å². The van der Waals surface area contributed by atoms with Gasteiger partial charge < -0.3 is 5.32 Å². The maximum Gasteiger partial charge on any atom is 0.0542 e. The molecule has 2 heteroatoms. The Kier molecular flexibility index (Phi) is 4.97. The van der Waals surface area contributed by atoms with E-state index in [0.717, 1.165) is 27.3 Å². The van der Waals surface area contributed by atoms with Crippen molar-refractivity contribution in [3.8, 4) is 0 Å². The van der Waals surface area contributed by atoms with E-state index in [1.54, 1.807) is 0 Å². The molecule has 0 aliphatic heterocycles. The SMILES string of the molecule is S=C(C(=CNc1ccccc1)c1ccccc1)c1ccccc1. The Bertz CT molecular complexity index is 793. The van der Waals surface area contributed by atoms with Crippen molar-refractivity contribution in [2.24, 2.45) is 0 Å². The predicted octanol–water partition coefficient (Wildman–Crippen LogP) is 5.56. The molecule has 3 rings (SSSR count). The van der Waals surface area contributed by atoms with Gasteiger partial charge in [0.1, 0.15) is 0 Å². The minimum absolute atomic E-state index is 0.834. The van der Waals surface area contributed by atoms with Crippen LogP contribution < -0.4 is 5.32 Å². The molecule has 0 saturated heterocycles. The molecule has 23 heavy (non-hydrogen) atoms. The van der Waals surface area contributed by atoms with Gasteiger partial charge in [-0.2, -0.15) is 0 Å². The van der Waals surface area contributed by atoms with Crippen LogP contribution in [0.2, 0.25) is 0 Å². The summed E-state index contributed by atoms with van der Waals surface area (Å²) in [7, 11) is 0. The lowest BCUT2D eigenvalue weighted by Gasteiger charge is -2.11. The highest BCUT2D eigenvalue weighted by atomic mass is 32.1. The topological polar surface area (TPSA) is 12.0 Å². The van der Waals surface area contributed by atoms with E-state index < -0.39 is 0 Å². The van der Waals surface area contributed by atoms with E-state index in [1.807, 2.05) is 85.1 Å². The molecule has 0 heterocycles. The lowest BCUT2D eigenvalue weighted by Crippen LogP contribution is -2.03. The lowest BCUT2D eigenvalue weighted by molar-refractivity contribution is 1.56. The van der Waals surface area contributed by atoms with Crippen molar-refractivity contribution in [1.82, 2.24) is 0 Å². The van der Waals surface area contributed by atoms with E-state index in [0.29, 0.717) is 0 Å². The van der Waals surface area contributed by atoms with E-state index >= 15 is 0 Å². The first kappa shape index (κ1) is 15.2. The first-order chi connectivity index (χ1) is 11.3. The quantitative estimate of drug-likeness (QED) is 0.376. The summed E-state index contributed by atoms with van der Waals surface area (Å²) in [6, 6.07) is 30.4. The van der Waals surface area contributed by atoms with Crippen molar-refractivity contribution in [2.45, 2.75) is 0 Å². The maximum absolute atomic E-state index is 5.73. The van der Waals surface area contributed by atoms with Gasteiger partial charge in [0.05, 0.1) is 4.86 Å². The zero-order valence-corrected chi connectivity index (χ0v) is 13.5. The maximum atomic E-state index is 5.73. The molecule has 0 bridgehead atoms. The third-order valence-electron chi connectivity index (χ3n) is 3.52. The minimum Gasteiger partial charge on any atom is -0.361 e. The molecule has 0 unspecified atom stereocenters. The first-order valence-corrected chi connectivity index (χ1v) is 7.92. The molecule has 0 spiro atoms. The fourth-order valence-corrected chi connectivity index (χ4v) is 2.65. The van der Waals surface area contributed by atoms with Gasteiger partial charge in [-0.15, -0.1) is 0 Å². The highest BCUT2D eigenvalue weighted by Gasteiger charge is 2.09. The van der Waals surface area contributed by atoms with Crippen LogP contribution in [0.3, 0.4) is 0 Å². The number of hydrogen-bond donors (Lipinski definition) is 1. The standard InChI is InChI=1S/C21H17NS/c23-21(18-12-6-2-7-13-18)20(17-10-4-1-5-11-17)16-22-19-14-8-3-9-15-19/h1-16,22H. The number of rotatable bonds is 5. The summed E-state index contributed by atoms with van der Waals surface area (Å²) in [6.45, 7) is 0. The molecule has 0 amide bonds. The summed E-state index contributed by atoms with van der Waals surface area (Å²) in [4.78, 5) is 0.834. The van der Waals surface area contributed by atoms with Crippen LogP contribution in [0.4, 0.5) is 5.69 Å². The van der Waals surface area contributed by atoms with Crippen LogP contribution in [-0.2, 0) is 0 Å². The van der Waals surface area contributed by atoms with Gasteiger partial charge in [-0.3, -0.25) is 0 Å². The van der Waals surface area contributed by atoms with Gasteiger partial charge in [0.15, 0.2) is 0 Å². The normalized spacial score (nSPS) is 11.0. The second-order valence-electron chi connectivity index (χ2n) is 5.13. The molecule has 0 atom stereocenters. The summed E-state index contributed by atoms with van der Waals surface area (Å²) in [6.07, 6.45) is 1.99. The average molecular weight is 315 g/mol. The Morgan fingerprint density at radius 3 is 1.70 bits per heavy atom. The molecule has 3 aromatic rings. The van der Waals surface area contributed by atoms with Gasteiger partial charge in [0, 0.05) is 17.5 Å². The van der Waals surface area contributed by atoms with Crippen LogP contribution in [0.25, 0.3) is 5.57 Å². The Morgan fingerprint density at radius 1 is 0.652 bits per heavy atom. The monoisotopic (exact) mass is 315 g/mol. The Labute approximate surface area is 142 Å². The zero-order chi connectivity index (χ0) is 15.9. The van der Waals surface area contributed by atoms with Crippen LogP contribution in [0.1, 0.15) is 11.1 Å². The van der Waals surface area contributed by atoms with E-state index in [-0.39, 0.29) is 0 Å². The van der Waals surface area contributed by atoms with Crippen LogP contribution >= 0.6 is 12.2 Å². The second kappa shape index (κ2) is 7.52. The molecule has 0 aliphatic carbocycles. The molecular formula is C21H17NS. The Hall–Kier alpha value is -2.71. The van der Waals surface area contributed by atoms with Crippen molar-refractivity contribution in [1.29, 1.82) is 0 Å². The molecule has 1 nitrogen and oxygen atoms in total. The fourth-order valence-electron chi connectivity index (χ4n) is 2.33. The van der Waals surface area contributed by atoms with Gasteiger partial charge in [-0.1, -0.05) is 91.1 Å². The lowest BCUT2D eigenvalue weighted by atomic mass is 9.99. The highest BCUT2D eigenvalue weighted by Crippen LogP contribution is 2.21. The zero-order valence-electron chi connectivity index (χ0n) is 12.6. The van der Waals surface area contributed by atoms with Crippen LogP contribution in [0.5, 0.6) is 0 Å². The van der Waals surface area contributed by atoms with Gasteiger partial charge in [0.25, 0.3) is 0 Å². The molecule has 112 valence electrons.